The van der Waals surface area contributed by atoms with E-state index in [4.69, 9.17) is 5.11 Å². The molecule has 3 aliphatic rings. The Balaban J connectivity index is 1.37. The van der Waals surface area contributed by atoms with Gasteiger partial charge in [0.1, 0.15) is 0 Å². The summed E-state index contributed by atoms with van der Waals surface area (Å²) in [4.78, 5) is 51.7. The van der Waals surface area contributed by atoms with E-state index < -0.39 is 11.9 Å². The largest absolute Gasteiger partial charge is 0.478 e. The van der Waals surface area contributed by atoms with Crippen LogP contribution in [-0.2, 0) is 9.59 Å². The first-order chi connectivity index (χ1) is 15.3. The second-order valence-electron chi connectivity index (χ2n) is 8.40. The number of nitrogens with zero attached hydrogens (tertiary/aromatic N) is 1. The Morgan fingerprint density at radius 2 is 1.50 bits per heavy atom. The lowest BCUT2D eigenvalue weighted by Gasteiger charge is -2.28. The van der Waals surface area contributed by atoms with Gasteiger partial charge in [0.2, 0.25) is 11.8 Å². The molecule has 0 unspecified atom stereocenters. The first-order valence-electron chi connectivity index (χ1n) is 10.2. The number of rotatable bonds is 4. The van der Waals surface area contributed by atoms with E-state index in [0.717, 1.165) is 6.42 Å². The molecule has 9 heteroatoms. The Kier molecular flexibility index (Phi) is 5.21. The van der Waals surface area contributed by atoms with E-state index in [-0.39, 0.29) is 50.7 Å². The molecule has 2 bridgehead atoms. The van der Waals surface area contributed by atoms with Crippen molar-refractivity contribution in [2.45, 2.75) is 16.1 Å². The lowest BCUT2D eigenvalue weighted by Crippen LogP contribution is -2.37. The molecule has 32 heavy (non-hydrogen) atoms. The third kappa shape index (κ3) is 3.21. The van der Waals surface area contributed by atoms with Crippen LogP contribution in [0.2, 0.25) is 0 Å². The van der Waals surface area contributed by atoms with Gasteiger partial charge in [-0.1, -0.05) is 37.9 Å². The zero-order valence-corrected chi connectivity index (χ0v) is 19.7. The number of carboxylic acids is 1. The van der Waals surface area contributed by atoms with Crippen molar-refractivity contribution in [1.29, 1.82) is 0 Å². The molecule has 2 saturated carbocycles. The number of nitrogens with one attached hydrogen (secondary N) is 1. The average Bonchev–Trinajstić information content (AvgIpc) is 3.39. The van der Waals surface area contributed by atoms with E-state index in [9.17, 15) is 19.2 Å². The van der Waals surface area contributed by atoms with E-state index in [2.05, 4.69) is 37.2 Å². The number of hydrogen-bond acceptors (Lipinski definition) is 4. The molecule has 2 aromatic carbocycles. The van der Waals surface area contributed by atoms with Crippen molar-refractivity contribution in [3.8, 4) is 0 Å². The summed E-state index contributed by atoms with van der Waals surface area (Å²) < 4.78 is 0. The van der Waals surface area contributed by atoms with E-state index in [0.29, 0.717) is 16.9 Å². The standard InChI is InChI=1S/C23H18Br2N2O5/c24-18-14-9-15(19(18)25)17-16(14)21(29)27(22(17)30)13-3-1-2-11(8-13)20(28)26-12-6-4-10(5-7-12)23(31)32/h1-8,14-19H,9H2,(H,26,28)(H,31,32)/t14-,15-,16-,17+,18-,19+/m1/s1. The molecule has 3 amide bonds. The smallest absolute Gasteiger partial charge is 0.335 e. The summed E-state index contributed by atoms with van der Waals surface area (Å²) in [5.74, 6) is -2.27. The molecule has 1 heterocycles. The first-order valence-corrected chi connectivity index (χ1v) is 12.0. The number of imide groups is 1. The molecule has 6 atom stereocenters. The Morgan fingerprint density at radius 1 is 0.906 bits per heavy atom. The van der Waals surface area contributed by atoms with Gasteiger partial charge in [-0.15, -0.1) is 0 Å². The molecule has 164 valence electrons. The number of aromatic carboxylic acids is 1. The van der Waals surface area contributed by atoms with E-state index in [1.807, 2.05) is 0 Å². The molecule has 7 nitrogen and oxygen atoms in total. The fourth-order valence-electron chi connectivity index (χ4n) is 5.29. The predicted molar refractivity (Wildman–Crippen MR) is 124 cm³/mol. The summed E-state index contributed by atoms with van der Waals surface area (Å²) in [6.07, 6.45) is 0.857. The fourth-order valence-corrected chi connectivity index (χ4v) is 7.16. The Labute approximate surface area is 200 Å². The molecule has 0 spiro atoms. The quantitative estimate of drug-likeness (QED) is 0.435. The van der Waals surface area contributed by atoms with Crippen molar-refractivity contribution in [2.24, 2.45) is 23.7 Å². The van der Waals surface area contributed by atoms with E-state index in [1.165, 1.54) is 35.2 Å². The summed E-state index contributed by atoms with van der Waals surface area (Å²) in [6, 6.07) is 12.2. The number of fused-ring (bicyclic) bond motifs is 5. The van der Waals surface area contributed by atoms with Crippen LogP contribution in [0.15, 0.2) is 48.5 Å². The molecule has 2 N–H and O–H groups in total. The number of halogens is 2. The van der Waals surface area contributed by atoms with Gasteiger partial charge in [-0.25, -0.2) is 4.79 Å². The molecule has 0 aromatic heterocycles. The van der Waals surface area contributed by atoms with Crippen molar-refractivity contribution in [3.63, 3.8) is 0 Å². The van der Waals surface area contributed by atoms with E-state index in [1.54, 1.807) is 18.2 Å². The van der Waals surface area contributed by atoms with Gasteiger partial charge in [0.15, 0.2) is 0 Å². The highest BCUT2D eigenvalue weighted by Crippen LogP contribution is 2.60. The van der Waals surface area contributed by atoms with Gasteiger partial charge in [-0.3, -0.25) is 19.3 Å². The van der Waals surface area contributed by atoms with Gasteiger partial charge in [-0.05, 0) is 60.7 Å². The minimum atomic E-state index is -1.05. The van der Waals surface area contributed by atoms with Gasteiger partial charge in [0.25, 0.3) is 5.91 Å². The lowest BCUT2D eigenvalue weighted by molar-refractivity contribution is -0.123. The summed E-state index contributed by atoms with van der Waals surface area (Å²) in [5.41, 5.74) is 1.24. The van der Waals surface area contributed by atoms with Crippen LogP contribution in [-0.4, -0.2) is 38.5 Å². The molecule has 5 rings (SSSR count). The normalized spacial score (nSPS) is 30.5. The SMILES string of the molecule is O=C(O)c1ccc(NC(=O)c2cccc(N3C(=O)[C@@H]4[C@H]5C[C@@H]([C@H](Br)[C@@H]5Br)[C@@H]4C3=O)c2)cc1. The van der Waals surface area contributed by atoms with Crippen LogP contribution in [0.25, 0.3) is 0 Å². The van der Waals surface area contributed by atoms with Gasteiger partial charge in [0, 0.05) is 20.9 Å². The summed E-state index contributed by atoms with van der Waals surface area (Å²) in [7, 11) is 0. The molecular formula is C23H18Br2N2O5. The van der Waals surface area contributed by atoms with Crippen molar-refractivity contribution in [1.82, 2.24) is 0 Å². The van der Waals surface area contributed by atoms with Crippen molar-refractivity contribution < 1.29 is 24.3 Å². The number of hydrogen-bond donors (Lipinski definition) is 2. The third-order valence-corrected chi connectivity index (χ3v) is 9.95. The van der Waals surface area contributed by atoms with Crippen LogP contribution in [0.3, 0.4) is 0 Å². The maximum atomic E-state index is 13.2. The molecule has 1 saturated heterocycles. The summed E-state index contributed by atoms with van der Waals surface area (Å²) in [5, 5.41) is 11.7. The van der Waals surface area contributed by atoms with Crippen molar-refractivity contribution >= 4 is 66.9 Å². The number of benzene rings is 2. The van der Waals surface area contributed by atoms with Crippen LogP contribution < -0.4 is 10.2 Å². The topological polar surface area (TPSA) is 104 Å². The average molecular weight is 562 g/mol. The Hall–Kier alpha value is -2.52. The number of anilines is 2. The highest BCUT2D eigenvalue weighted by atomic mass is 79.9. The number of amides is 3. The monoisotopic (exact) mass is 560 g/mol. The highest BCUT2D eigenvalue weighted by Gasteiger charge is 2.66. The summed E-state index contributed by atoms with van der Waals surface area (Å²) in [6.45, 7) is 0. The van der Waals surface area contributed by atoms with Gasteiger partial charge in [0.05, 0.1) is 23.1 Å². The second-order valence-corrected chi connectivity index (χ2v) is 10.5. The maximum absolute atomic E-state index is 13.2. The lowest BCUT2D eigenvalue weighted by atomic mass is 9.81. The van der Waals surface area contributed by atoms with Gasteiger partial charge in [-0.2, -0.15) is 0 Å². The minimum absolute atomic E-state index is 0.118. The third-order valence-electron chi connectivity index (χ3n) is 6.74. The molecular weight excluding hydrogens is 544 g/mol. The minimum Gasteiger partial charge on any atom is -0.478 e. The number of carbonyl (C=O) groups excluding carboxylic acids is 3. The molecule has 3 fully saturated rings. The van der Waals surface area contributed by atoms with E-state index >= 15 is 0 Å². The maximum Gasteiger partial charge on any atom is 0.335 e. The van der Waals surface area contributed by atoms with Crippen LogP contribution in [0.1, 0.15) is 27.1 Å². The molecule has 2 aliphatic carbocycles. The Morgan fingerprint density at radius 3 is 2.06 bits per heavy atom. The van der Waals surface area contributed by atoms with Crippen molar-refractivity contribution in [2.75, 3.05) is 10.2 Å². The molecule has 1 aliphatic heterocycles. The van der Waals surface area contributed by atoms with Crippen LogP contribution >= 0.6 is 31.9 Å². The number of carboxylic acid groups (broad SMARTS) is 1. The zero-order chi connectivity index (χ0) is 22.7. The second kappa shape index (κ2) is 7.81. The fraction of sp³-hybridized carbons (Fsp3) is 0.304. The van der Waals surface area contributed by atoms with Crippen molar-refractivity contribution in [3.05, 3.63) is 59.7 Å². The van der Waals surface area contributed by atoms with Crippen LogP contribution in [0.4, 0.5) is 11.4 Å². The number of carbonyl (C=O) groups is 4. The van der Waals surface area contributed by atoms with Crippen LogP contribution in [0, 0.1) is 23.7 Å². The highest BCUT2D eigenvalue weighted by molar-refractivity contribution is 9.12. The summed E-state index contributed by atoms with van der Waals surface area (Å²) >= 11 is 7.36. The van der Waals surface area contributed by atoms with Crippen LogP contribution in [0.5, 0.6) is 0 Å². The molecule has 0 radical (unpaired) electrons. The number of alkyl halides is 2. The first kappa shape index (κ1) is 21.3. The van der Waals surface area contributed by atoms with Gasteiger partial charge < -0.3 is 10.4 Å². The Bertz CT molecular complexity index is 1120. The predicted octanol–water partition coefficient (Wildman–Crippen LogP) is 3.92. The molecule has 2 aromatic rings. The zero-order valence-electron chi connectivity index (χ0n) is 16.6. The van der Waals surface area contributed by atoms with Gasteiger partial charge >= 0.3 is 5.97 Å².